The van der Waals surface area contributed by atoms with Crippen molar-refractivity contribution in [2.24, 2.45) is 7.05 Å². The largest absolute Gasteiger partial charge is 0.490 e. The van der Waals surface area contributed by atoms with E-state index in [1.54, 1.807) is 0 Å². The second-order valence-electron chi connectivity index (χ2n) is 6.48. The fourth-order valence-electron chi connectivity index (χ4n) is 2.82. The quantitative estimate of drug-likeness (QED) is 0.165. The Kier molecular flexibility index (Phi) is 6.98. The van der Waals surface area contributed by atoms with Crippen molar-refractivity contribution in [1.29, 1.82) is 0 Å². The molecule has 33 heavy (non-hydrogen) atoms. The first-order valence-electron chi connectivity index (χ1n) is 8.39. The Morgan fingerprint density at radius 2 is 1.73 bits per heavy atom. The number of aliphatic hydroxyl groups is 2. The molecule has 0 aliphatic carbocycles. The first kappa shape index (κ1) is 26.0. The van der Waals surface area contributed by atoms with Gasteiger partial charge in [-0.15, -0.1) is 5.10 Å². The predicted octanol–water partition coefficient (Wildman–Crippen LogP) is -2.93. The normalized spacial score (nSPS) is 27.5. The van der Waals surface area contributed by atoms with Gasteiger partial charge in [0.15, 0.2) is 23.1 Å². The molecule has 1 aliphatic heterocycles. The summed E-state index contributed by atoms with van der Waals surface area (Å²) in [6.07, 6.45) is -6.93. The predicted molar refractivity (Wildman–Crippen MR) is 101 cm³/mol. The van der Waals surface area contributed by atoms with Crippen molar-refractivity contribution in [3.05, 3.63) is 10.4 Å². The highest BCUT2D eigenvalue weighted by Gasteiger charge is 2.47. The minimum Gasteiger partial charge on any atom is -0.387 e. The van der Waals surface area contributed by atoms with E-state index in [1.807, 2.05) is 0 Å². The molecule has 2 aromatic rings. The van der Waals surface area contributed by atoms with Crippen LogP contribution in [0.25, 0.3) is 11.0 Å². The van der Waals surface area contributed by atoms with Gasteiger partial charge in [-0.2, -0.15) is 18.4 Å². The smallest absolute Gasteiger partial charge is 0.387 e. The van der Waals surface area contributed by atoms with Gasteiger partial charge in [0.05, 0.1) is 6.61 Å². The average Bonchev–Trinajstić information content (AvgIpc) is 3.08. The minimum atomic E-state index is -5.75. The Morgan fingerprint density at radius 1 is 1.09 bits per heavy atom. The van der Waals surface area contributed by atoms with Gasteiger partial charge in [-0.25, -0.2) is 13.7 Å². The number of nitrogen functional groups attached to an aromatic ring is 1. The summed E-state index contributed by atoms with van der Waals surface area (Å²) in [5.74, 6) is -0.0916. The fraction of sp³-hybridized carbons (Fsp3) is 0.600. The van der Waals surface area contributed by atoms with E-state index in [0.717, 1.165) is 4.68 Å². The van der Waals surface area contributed by atoms with Crippen molar-refractivity contribution in [1.82, 2.24) is 24.8 Å². The molecule has 186 valence electrons. The summed E-state index contributed by atoms with van der Waals surface area (Å²) < 4.78 is 52.1. The van der Waals surface area contributed by atoms with Crippen LogP contribution in [0, 0.1) is 0 Å². The topological polar surface area (TPSA) is 301 Å². The van der Waals surface area contributed by atoms with Crippen molar-refractivity contribution in [2.45, 2.75) is 24.5 Å². The van der Waals surface area contributed by atoms with Crippen LogP contribution in [0.1, 0.15) is 6.23 Å². The molecule has 1 saturated heterocycles. The van der Waals surface area contributed by atoms with E-state index in [1.165, 1.54) is 7.05 Å². The summed E-state index contributed by atoms with van der Waals surface area (Å²) in [5.41, 5.74) is 4.60. The molecule has 0 spiro atoms. The lowest BCUT2D eigenvalue weighted by atomic mass is 10.1. The van der Waals surface area contributed by atoms with E-state index >= 15 is 0 Å². The van der Waals surface area contributed by atoms with Crippen LogP contribution in [0.15, 0.2) is 4.79 Å². The first-order chi connectivity index (χ1) is 15.0. The second-order valence-corrected chi connectivity index (χ2v) is 10.9. The van der Waals surface area contributed by atoms with E-state index in [9.17, 15) is 33.6 Å². The Labute approximate surface area is 181 Å². The van der Waals surface area contributed by atoms with Gasteiger partial charge in [-0.3, -0.25) is 14.0 Å². The van der Waals surface area contributed by atoms with E-state index in [0.29, 0.717) is 4.68 Å². The Hall–Kier alpha value is -1.63. The number of phosphoric ester groups is 1. The number of ether oxygens (including phenoxy) is 1. The van der Waals surface area contributed by atoms with E-state index in [2.05, 4.69) is 28.6 Å². The molecule has 20 nitrogen and oxygen atoms in total. The standard InChI is InChI=1S/C10H17N6O14P3/c1-15-5-4(8(11)13-15)12-14-16(9(5)19)10-7(18)6(17)3(28-10)2-27-32(23,24)30-33(25,26)29-31(20,21)22/h3,6-7,10,17-18H,2H2,1H3,(H2,11,13)(H,23,24)(H,25,26)(H2,20,21,22). The van der Waals surface area contributed by atoms with Gasteiger partial charge < -0.3 is 40.3 Å². The molecule has 6 atom stereocenters. The minimum absolute atomic E-state index is 0.0315. The lowest BCUT2D eigenvalue weighted by molar-refractivity contribution is -0.0611. The van der Waals surface area contributed by atoms with E-state index < -0.39 is 60.2 Å². The third kappa shape index (κ3) is 5.72. The van der Waals surface area contributed by atoms with Crippen LogP contribution < -0.4 is 11.3 Å². The number of aromatic nitrogens is 5. The molecule has 0 aromatic carbocycles. The summed E-state index contributed by atoms with van der Waals surface area (Å²) in [4.78, 5) is 48.3. The highest BCUT2D eigenvalue weighted by atomic mass is 31.3. The highest BCUT2D eigenvalue weighted by molar-refractivity contribution is 7.66. The van der Waals surface area contributed by atoms with Gasteiger partial charge >= 0.3 is 23.5 Å². The summed E-state index contributed by atoms with van der Waals surface area (Å²) in [7, 11) is -15.5. The second kappa shape index (κ2) is 8.86. The number of nitrogens with zero attached hydrogens (tertiary/aromatic N) is 5. The zero-order valence-electron chi connectivity index (χ0n) is 16.1. The maximum atomic E-state index is 12.7. The van der Waals surface area contributed by atoms with Gasteiger partial charge in [0.25, 0.3) is 5.56 Å². The lowest BCUT2D eigenvalue weighted by Crippen LogP contribution is -2.37. The molecule has 1 fully saturated rings. The van der Waals surface area contributed by atoms with Crippen molar-refractivity contribution in [2.75, 3.05) is 12.3 Å². The number of fused-ring (bicyclic) bond motifs is 1. The van der Waals surface area contributed by atoms with Gasteiger partial charge in [0.2, 0.25) is 0 Å². The zero-order chi connectivity index (χ0) is 24.9. The molecule has 6 unspecified atom stereocenters. The zero-order valence-corrected chi connectivity index (χ0v) is 18.8. The molecule has 3 rings (SSSR count). The van der Waals surface area contributed by atoms with Crippen LogP contribution in [0.3, 0.4) is 0 Å². The molecule has 23 heteroatoms. The summed E-state index contributed by atoms with van der Waals surface area (Å²) in [6, 6.07) is 0. The number of nitrogens with two attached hydrogens (primary N) is 1. The molecule has 0 bridgehead atoms. The fourth-order valence-corrected chi connectivity index (χ4v) is 5.85. The van der Waals surface area contributed by atoms with Crippen molar-refractivity contribution >= 4 is 40.3 Å². The van der Waals surface area contributed by atoms with Gasteiger partial charge in [0, 0.05) is 7.05 Å². The van der Waals surface area contributed by atoms with Crippen molar-refractivity contribution in [3.8, 4) is 0 Å². The summed E-state index contributed by atoms with van der Waals surface area (Å²) in [5, 5.41) is 31.5. The number of anilines is 1. The van der Waals surface area contributed by atoms with Gasteiger partial charge in [-0.05, 0) is 0 Å². The maximum absolute atomic E-state index is 12.7. The number of phosphoric acid groups is 3. The molecule has 0 radical (unpaired) electrons. The Bertz CT molecular complexity index is 1260. The van der Waals surface area contributed by atoms with Crippen LogP contribution in [0.2, 0.25) is 0 Å². The summed E-state index contributed by atoms with van der Waals surface area (Å²) >= 11 is 0. The molecule has 0 amide bonds. The van der Waals surface area contributed by atoms with E-state index in [4.69, 9.17) is 25.2 Å². The summed E-state index contributed by atoms with van der Waals surface area (Å²) in [6.45, 7) is -1.07. The highest BCUT2D eigenvalue weighted by Crippen LogP contribution is 2.66. The molecule has 2 aromatic heterocycles. The van der Waals surface area contributed by atoms with Crippen LogP contribution >= 0.6 is 23.5 Å². The van der Waals surface area contributed by atoms with Crippen molar-refractivity contribution in [3.63, 3.8) is 0 Å². The molecule has 1 aliphatic rings. The molecule has 3 heterocycles. The lowest BCUT2D eigenvalue weighted by Gasteiger charge is -2.19. The number of aliphatic hydroxyl groups excluding tert-OH is 2. The molecular formula is C10H17N6O14P3. The first-order valence-corrected chi connectivity index (χ1v) is 12.9. The number of hydrogen-bond acceptors (Lipinski definition) is 14. The van der Waals surface area contributed by atoms with Crippen LogP contribution in [0.5, 0.6) is 0 Å². The number of hydrogen-bond donors (Lipinski definition) is 7. The van der Waals surface area contributed by atoms with Crippen LogP contribution in [-0.2, 0) is 38.6 Å². The Balaban J connectivity index is 1.74. The van der Waals surface area contributed by atoms with Crippen molar-refractivity contribution < 1.29 is 61.4 Å². The third-order valence-corrected chi connectivity index (χ3v) is 7.90. The monoisotopic (exact) mass is 538 g/mol. The molecule has 8 N–H and O–H groups in total. The average molecular weight is 538 g/mol. The van der Waals surface area contributed by atoms with E-state index in [-0.39, 0.29) is 16.9 Å². The SMILES string of the molecule is Cn1nc(N)c2nnn(C3OC(COP(=O)(O)OP(=O)(O)OP(=O)(O)O)C(O)C3O)c(=O)c21. The number of aryl methyl sites for hydroxylation is 1. The molecular weight excluding hydrogens is 521 g/mol. The molecule has 0 saturated carbocycles. The van der Waals surface area contributed by atoms with Gasteiger partial charge in [0.1, 0.15) is 18.3 Å². The van der Waals surface area contributed by atoms with Crippen LogP contribution in [-0.4, -0.2) is 79.5 Å². The van der Waals surface area contributed by atoms with Crippen LogP contribution in [0.4, 0.5) is 5.82 Å². The Morgan fingerprint density at radius 3 is 2.33 bits per heavy atom. The third-order valence-electron chi connectivity index (χ3n) is 4.10. The number of rotatable bonds is 8. The van der Waals surface area contributed by atoms with Gasteiger partial charge in [-0.1, -0.05) is 5.21 Å². The maximum Gasteiger partial charge on any atom is 0.490 e.